The Morgan fingerprint density at radius 3 is 2.00 bits per heavy atom. The van der Waals surface area contributed by atoms with Gasteiger partial charge < -0.3 is 0 Å². The number of benzene rings is 1. The summed E-state index contributed by atoms with van der Waals surface area (Å²) in [6.07, 6.45) is 4.13. The van der Waals surface area contributed by atoms with Crippen molar-refractivity contribution in [1.82, 2.24) is 0 Å². The second-order valence-corrected chi connectivity index (χ2v) is 3.36. The Kier molecular flexibility index (Phi) is 7.68. The molecule has 0 spiro atoms. The number of nitro groups is 1. The third-order valence-corrected chi connectivity index (χ3v) is 2.38. The molecule has 0 unspecified atom stereocenters. The molecule has 0 N–H and O–H groups in total. The summed E-state index contributed by atoms with van der Waals surface area (Å²) >= 11 is 0. The van der Waals surface area contributed by atoms with Crippen molar-refractivity contribution in [3.8, 4) is 0 Å². The average Bonchev–Trinajstić information content (AvgIpc) is 2.38. The molecule has 1 rings (SSSR count). The van der Waals surface area contributed by atoms with Crippen LogP contribution in [0.4, 0.5) is 5.69 Å². The molecular formula is C14H21NO2. The molecule has 17 heavy (non-hydrogen) atoms. The Balaban J connectivity index is 0.00000121. The topological polar surface area (TPSA) is 43.1 Å². The lowest BCUT2D eigenvalue weighted by molar-refractivity contribution is -0.384. The third-order valence-electron chi connectivity index (χ3n) is 2.38. The van der Waals surface area contributed by atoms with Gasteiger partial charge in [-0.3, -0.25) is 10.1 Å². The van der Waals surface area contributed by atoms with Gasteiger partial charge in [0.15, 0.2) is 0 Å². The molecule has 1 aromatic rings. The first-order valence-electron chi connectivity index (χ1n) is 6.11. The van der Waals surface area contributed by atoms with Crippen LogP contribution in [-0.2, 0) is 0 Å². The van der Waals surface area contributed by atoms with Gasteiger partial charge in [0, 0.05) is 12.1 Å². The van der Waals surface area contributed by atoms with Crippen LogP contribution in [0.5, 0.6) is 0 Å². The van der Waals surface area contributed by atoms with Crippen molar-refractivity contribution in [2.24, 2.45) is 0 Å². The molecule has 3 nitrogen and oxygen atoms in total. The van der Waals surface area contributed by atoms with Crippen LogP contribution in [0.3, 0.4) is 0 Å². The fourth-order valence-electron chi connectivity index (χ4n) is 1.38. The van der Waals surface area contributed by atoms with Crippen LogP contribution in [0.2, 0.25) is 0 Å². The molecule has 0 aliphatic rings. The Morgan fingerprint density at radius 1 is 1.18 bits per heavy atom. The van der Waals surface area contributed by atoms with Gasteiger partial charge in [0.1, 0.15) is 0 Å². The zero-order valence-corrected chi connectivity index (χ0v) is 11.1. The second kappa shape index (κ2) is 8.50. The van der Waals surface area contributed by atoms with E-state index in [2.05, 4.69) is 19.9 Å². The molecule has 0 fully saturated rings. The predicted molar refractivity (Wildman–Crippen MR) is 73.0 cm³/mol. The summed E-state index contributed by atoms with van der Waals surface area (Å²) < 4.78 is 0. The van der Waals surface area contributed by atoms with Crippen LogP contribution in [0, 0.1) is 10.1 Å². The van der Waals surface area contributed by atoms with E-state index in [-0.39, 0.29) is 10.6 Å². The van der Waals surface area contributed by atoms with E-state index >= 15 is 0 Å². The zero-order chi connectivity index (χ0) is 13.3. The number of nitro benzene ring substituents is 1. The minimum absolute atomic E-state index is 0.140. The van der Waals surface area contributed by atoms with E-state index in [1.165, 1.54) is 17.7 Å². The molecule has 1 aromatic carbocycles. The van der Waals surface area contributed by atoms with Crippen molar-refractivity contribution in [2.75, 3.05) is 0 Å². The fourth-order valence-corrected chi connectivity index (χ4v) is 1.38. The van der Waals surface area contributed by atoms with Gasteiger partial charge in [-0.2, -0.15) is 0 Å². The Labute approximate surface area is 103 Å². The number of hydrogen-bond donors (Lipinski definition) is 0. The van der Waals surface area contributed by atoms with Crippen LogP contribution < -0.4 is 0 Å². The molecule has 0 saturated heterocycles. The molecule has 0 saturated carbocycles. The van der Waals surface area contributed by atoms with E-state index < -0.39 is 0 Å². The molecule has 0 heterocycles. The lowest BCUT2D eigenvalue weighted by atomic mass is 10.1. The number of allylic oxidation sites excluding steroid dienone is 1. The maximum Gasteiger partial charge on any atom is 0.269 e. The van der Waals surface area contributed by atoms with E-state index in [4.69, 9.17) is 0 Å². The van der Waals surface area contributed by atoms with Crippen molar-refractivity contribution in [1.29, 1.82) is 0 Å². The molecule has 0 aromatic heterocycles. The van der Waals surface area contributed by atoms with Crippen LogP contribution in [0.15, 0.2) is 29.8 Å². The fraction of sp³-hybridized carbons (Fsp3) is 0.429. The largest absolute Gasteiger partial charge is 0.269 e. The summed E-state index contributed by atoms with van der Waals surface area (Å²) in [6, 6.07) is 6.64. The molecule has 0 radical (unpaired) electrons. The van der Waals surface area contributed by atoms with E-state index in [0.29, 0.717) is 0 Å². The van der Waals surface area contributed by atoms with Crippen molar-refractivity contribution < 1.29 is 4.92 Å². The SMILES string of the molecule is CC.CCC(=Cc1ccc([N+](=O)[O-])cc1)CC. The van der Waals surface area contributed by atoms with Crippen molar-refractivity contribution >= 4 is 11.8 Å². The Morgan fingerprint density at radius 2 is 1.65 bits per heavy atom. The lowest BCUT2D eigenvalue weighted by Gasteiger charge is -2.00. The summed E-state index contributed by atoms with van der Waals surface area (Å²) in [6.45, 7) is 8.22. The van der Waals surface area contributed by atoms with Crippen molar-refractivity contribution in [3.05, 3.63) is 45.5 Å². The van der Waals surface area contributed by atoms with Gasteiger partial charge in [-0.1, -0.05) is 39.3 Å². The monoisotopic (exact) mass is 235 g/mol. The normalized spacial score (nSPS) is 8.94. The minimum Gasteiger partial charge on any atom is -0.258 e. The first kappa shape index (κ1) is 15.4. The minimum atomic E-state index is -0.381. The average molecular weight is 235 g/mol. The quantitative estimate of drug-likeness (QED) is 0.554. The highest BCUT2D eigenvalue weighted by Gasteiger charge is 2.02. The highest BCUT2D eigenvalue weighted by atomic mass is 16.6. The van der Waals surface area contributed by atoms with Crippen LogP contribution in [0.25, 0.3) is 6.08 Å². The molecule has 0 amide bonds. The molecule has 3 heteroatoms. The van der Waals surface area contributed by atoms with Crippen LogP contribution in [0.1, 0.15) is 46.1 Å². The molecular weight excluding hydrogens is 214 g/mol. The summed E-state index contributed by atoms with van der Waals surface area (Å²) in [4.78, 5) is 10.1. The molecule has 0 atom stereocenters. The zero-order valence-electron chi connectivity index (χ0n) is 11.1. The van der Waals surface area contributed by atoms with Crippen molar-refractivity contribution in [3.63, 3.8) is 0 Å². The van der Waals surface area contributed by atoms with Gasteiger partial charge in [0.2, 0.25) is 0 Å². The van der Waals surface area contributed by atoms with Gasteiger partial charge in [0.25, 0.3) is 5.69 Å². The van der Waals surface area contributed by atoms with Gasteiger partial charge >= 0.3 is 0 Å². The highest BCUT2D eigenvalue weighted by Crippen LogP contribution is 2.16. The standard InChI is InChI=1S/C12H15NO2.C2H6/c1-3-10(4-2)9-11-5-7-12(8-6-11)13(14)15;1-2/h5-9H,3-4H2,1-2H3;1-2H3. The van der Waals surface area contributed by atoms with E-state index in [1.807, 2.05) is 13.8 Å². The summed E-state index contributed by atoms with van der Waals surface area (Å²) in [5.74, 6) is 0. The Hall–Kier alpha value is -1.64. The van der Waals surface area contributed by atoms with Gasteiger partial charge in [0.05, 0.1) is 4.92 Å². The molecule has 0 bridgehead atoms. The highest BCUT2D eigenvalue weighted by molar-refractivity contribution is 5.54. The first-order chi connectivity index (χ1) is 8.17. The van der Waals surface area contributed by atoms with E-state index in [0.717, 1.165) is 18.4 Å². The molecule has 0 aliphatic heterocycles. The van der Waals surface area contributed by atoms with Crippen LogP contribution in [-0.4, -0.2) is 4.92 Å². The van der Waals surface area contributed by atoms with E-state index in [9.17, 15) is 10.1 Å². The maximum atomic E-state index is 10.4. The van der Waals surface area contributed by atoms with Gasteiger partial charge in [-0.25, -0.2) is 0 Å². The number of non-ortho nitro benzene ring substituents is 1. The van der Waals surface area contributed by atoms with Crippen molar-refractivity contribution in [2.45, 2.75) is 40.5 Å². The molecule has 94 valence electrons. The van der Waals surface area contributed by atoms with E-state index in [1.54, 1.807) is 12.1 Å². The summed E-state index contributed by atoms with van der Waals surface area (Å²) in [7, 11) is 0. The third kappa shape index (κ3) is 5.29. The number of hydrogen-bond acceptors (Lipinski definition) is 2. The Bertz CT molecular complexity index is 360. The lowest BCUT2D eigenvalue weighted by Crippen LogP contribution is -1.87. The first-order valence-corrected chi connectivity index (χ1v) is 6.11. The number of rotatable bonds is 4. The molecule has 0 aliphatic carbocycles. The second-order valence-electron chi connectivity index (χ2n) is 3.36. The maximum absolute atomic E-state index is 10.4. The summed E-state index contributed by atoms with van der Waals surface area (Å²) in [5, 5.41) is 10.4. The van der Waals surface area contributed by atoms with Gasteiger partial charge in [-0.05, 0) is 30.5 Å². The van der Waals surface area contributed by atoms with Gasteiger partial charge in [-0.15, -0.1) is 0 Å². The number of nitrogens with zero attached hydrogens (tertiary/aromatic N) is 1. The van der Waals surface area contributed by atoms with Crippen LogP contribution >= 0.6 is 0 Å². The summed E-state index contributed by atoms with van der Waals surface area (Å²) in [5.41, 5.74) is 2.52. The predicted octanol–water partition coefficient (Wildman–Crippen LogP) is 4.82. The smallest absolute Gasteiger partial charge is 0.258 e.